The molecule has 0 N–H and O–H groups in total. The summed E-state index contributed by atoms with van der Waals surface area (Å²) in [6.07, 6.45) is 0.331. The van der Waals surface area contributed by atoms with Crippen molar-refractivity contribution in [3.8, 4) is 0 Å². The first-order valence-electron chi connectivity index (χ1n) is 6.63. The number of rotatable bonds is 10. The number of carbonyl (C=O) groups excluding carboxylic acids is 1. The Labute approximate surface area is 128 Å². The van der Waals surface area contributed by atoms with E-state index >= 15 is 0 Å². The maximum absolute atomic E-state index is 12.1. The molecule has 1 aromatic carbocycles. The molecule has 0 saturated carbocycles. The van der Waals surface area contributed by atoms with Gasteiger partial charge in [-0.1, -0.05) is 28.1 Å². The van der Waals surface area contributed by atoms with E-state index in [1.54, 1.807) is 26.2 Å². The monoisotopic (exact) mass is 344 g/mol. The highest BCUT2D eigenvalue weighted by Crippen LogP contribution is 2.13. The Morgan fingerprint density at radius 2 is 1.85 bits per heavy atom. The molecule has 0 spiro atoms. The van der Waals surface area contributed by atoms with Crippen LogP contribution in [0.5, 0.6) is 0 Å². The number of ketones is 1. The number of hydrogen-bond donors (Lipinski definition) is 0. The lowest BCUT2D eigenvalue weighted by atomic mass is 10.1. The first kappa shape index (κ1) is 17.3. The van der Waals surface area contributed by atoms with Crippen LogP contribution in [0.4, 0.5) is 0 Å². The molecule has 1 atom stereocenters. The number of Topliss-reactive ketones (excluding diaryl/α,β-unsaturated/α-hetero) is 1. The van der Waals surface area contributed by atoms with E-state index in [1.807, 2.05) is 12.1 Å². The normalized spacial score (nSPS) is 12.3. The fourth-order valence-corrected chi connectivity index (χ4v) is 1.85. The number of ether oxygens (including phenoxy) is 3. The maximum Gasteiger partial charge on any atom is 0.191 e. The van der Waals surface area contributed by atoms with Crippen molar-refractivity contribution in [1.29, 1.82) is 0 Å². The minimum Gasteiger partial charge on any atom is -0.382 e. The van der Waals surface area contributed by atoms with Crippen LogP contribution >= 0.6 is 15.9 Å². The Balaban J connectivity index is 2.20. The highest BCUT2D eigenvalue weighted by molar-refractivity contribution is 9.10. The van der Waals surface area contributed by atoms with Crippen LogP contribution in [0.3, 0.4) is 0 Å². The number of carbonyl (C=O) groups is 1. The van der Waals surface area contributed by atoms with Gasteiger partial charge in [0.1, 0.15) is 6.10 Å². The zero-order chi connectivity index (χ0) is 14.8. The van der Waals surface area contributed by atoms with E-state index in [4.69, 9.17) is 14.2 Å². The molecule has 0 radical (unpaired) electrons. The van der Waals surface area contributed by atoms with Gasteiger partial charge in [0.15, 0.2) is 5.78 Å². The Hall–Kier alpha value is -0.750. The summed E-state index contributed by atoms with van der Waals surface area (Å²) in [5, 5.41) is 0. The first-order valence-corrected chi connectivity index (χ1v) is 7.42. The molecule has 0 amide bonds. The summed E-state index contributed by atoms with van der Waals surface area (Å²) < 4.78 is 16.7. The SMILES string of the molecule is COCCOCCCOC(C)C(=O)c1ccc(Br)cc1. The van der Waals surface area contributed by atoms with Crippen molar-refractivity contribution in [2.45, 2.75) is 19.4 Å². The van der Waals surface area contributed by atoms with Crippen molar-refractivity contribution in [2.24, 2.45) is 0 Å². The topological polar surface area (TPSA) is 44.8 Å². The van der Waals surface area contributed by atoms with Gasteiger partial charge in [0.25, 0.3) is 0 Å². The van der Waals surface area contributed by atoms with Gasteiger partial charge in [0.05, 0.1) is 13.2 Å². The van der Waals surface area contributed by atoms with Crippen molar-refractivity contribution in [3.05, 3.63) is 34.3 Å². The van der Waals surface area contributed by atoms with Crippen molar-refractivity contribution in [3.63, 3.8) is 0 Å². The van der Waals surface area contributed by atoms with Crippen LogP contribution < -0.4 is 0 Å². The fraction of sp³-hybridized carbons (Fsp3) is 0.533. The molecule has 112 valence electrons. The van der Waals surface area contributed by atoms with E-state index in [9.17, 15) is 4.79 Å². The van der Waals surface area contributed by atoms with Crippen LogP contribution in [-0.2, 0) is 14.2 Å². The molecule has 5 heteroatoms. The minimum atomic E-state index is -0.435. The molecule has 0 heterocycles. The molecule has 0 bridgehead atoms. The van der Waals surface area contributed by atoms with Crippen LogP contribution in [0.2, 0.25) is 0 Å². The highest BCUT2D eigenvalue weighted by Gasteiger charge is 2.15. The van der Waals surface area contributed by atoms with E-state index in [0.29, 0.717) is 32.0 Å². The van der Waals surface area contributed by atoms with Crippen LogP contribution in [0, 0.1) is 0 Å². The quantitative estimate of drug-likeness (QED) is 0.483. The van der Waals surface area contributed by atoms with E-state index in [0.717, 1.165) is 10.9 Å². The summed E-state index contributed by atoms with van der Waals surface area (Å²) in [5.41, 5.74) is 0.664. The summed E-state index contributed by atoms with van der Waals surface area (Å²) in [5.74, 6) is -0.00204. The van der Waals surface area contributed by atoms with Gasteiger partial charge in [-0.25, -0.2) is 0 Å². The van der Waals surface area contributed by atoms with Gasteiger partial charge in [0.2, 0.25) is 0 Å². The second kappa shape index (κ2) is 10.0. The average Bonchev–Trinajstić information content (AvgIpc) is 2.46. The fourth-order valence-electron chi connectivity index (χ4n) is 1.59. The molecule has 1 aromatic rings. The molecule has 0 aliphatic heterocycles. The second-order valence-electron chi connectivity index (χ2n) is 4.34. The van der Waals surface area contributed by atoms with E-state index < -0.39 is 6.10 Å². The van der Waals surface area contributed by atoms with Gasteiger partial charge in [0, 0.05) is 30.4 Å². The lowest BCUT2D eigenvalue weighted by molar-refractivity contribution is 0.0286. The molecule has 0 saturated heterocycles. The predicted molar refractivity (Wildman–Crippen MR) is 81.2 cm³/mol. The molecule has 1 rings (SSSR count). The zero-order valence-electron chi connectivity index (χ0n) is 11.9. The molecular formula is C15H21BrO4. The standard InChI is InChI=1S/C15H21BrO4/c1-12(20-9-3-8-19-11-10-18-2)15(17)13-4-6-14(16)7-5-13/h4-7,12H,3,8-11H2,1-2H3. The Kier molecular flexibility index (Phi) is 8.69. The van der Waals surface area contributed by atoms with Crippen LogP contribution in [-0.4, -0.2) is 45.4 Å². The first-order chi connectivity index (χ1) is 9.65. The summed E-state index contributed by atoms with van der Waals surface area (Å²) >= 11 is 3.34. The van der Waals surface area contributed by atoms with E-state index in [2.05, 4.69) is 15.9 Å². The molecule has 1 unspecified atom stereocenters. The molecular weight excluding hydrogens is 324 g/mol. The van der Waals surface area contributed by atoms with Crippen LogP contribution in [0.1, 0.15) is 23.7 Å². The van der Waals surface area contributed by atoms with E-state index in [1.165, 1.54) is 0 Å². The van der Waals surface area contributed by atoms with Crippen molar-refractivity contribution >= 4 is 21.7 Å². The highest BCUT2D eigenvalue weighted by atomic mass is 79.9. The Bertz CT molecular complexity index is 391. The third-order valence-electron chi connectivity index (χ3n) is 2.73. The van der Waals surface area contributed by atoms with Gasteiger partial charge < -0.3 is 14.2 Å². The van der Waals surface area contributed by atoms with Gasteiger partial charge in [-0.15, -0.1) is 0 Å². The lowest BCUT2D eigenvalue weighted by Crippen LogP contribution is -2.22. The Morgan fingerprint density at radius 1 is 1.15 bits per heavy atom. The van der Waals surface area contributed by atoms with Gasteiger partial charge in [-0.05, 0) is 25.5 Å². The summed E-state index contributed by atoms with van der Waals surface area (Å²) in [4.78, 5) is 12.1. The smallest absolute Gasteiger partial charge is 0.191 e. The van der Waals surface area contributed by atoms with Gasteiger partial charge in [-0.2, -0.15) is 0 Å². The second-order valence-corrected chi connectivity index (χ2v) is 5.26. The third-order valence-corrected chi connectivity index (χ3v) is 3.26. The number of methoxy groups -OCH3 is 1. The number of benzene rings is 1. The minimum absolute atomic E-state index is 0.00204. The largest absolute Gasteiger partial charge is 0.382 e. The molecule has 20 heavy (non-hydrogen) atoms. The molecule has 4 nitrogen and oxygen atoms in total. The average molecular weight is 345 g/mol. The third kappa shape index (κ3) is 6.61. The van der Waals surface area contributed by atoms with Crippen molar-refractivity contribution < 1.29 is 19.0 Å². The summed E-state index contributed by atoms with van der Waals surface area (Å²) in [6.45, 7) is 4.08. The maximum atomic E-state index is 12.1. The molecule has 0 fully saturated rings. The van der Waals surface area contributed by atoms with Crippen LogP contribution in [0.25, 0.3) is 0 Å². The van der Waals surface area contributed by atoms with Gasteiger partial charge in [-0.3, -0.25) is 4.79 Å². The lowest BCUT2D eigenvalue weighted by Gasteiger charge is -2.12. The summed E-state index contributed by atoms with van der Waals surface area (Å²) in [6, 6.07) is 7.29. The molecule has 0 aliphatic rings. The number of hydrogen-bond acceptors (Lipinski definition) is 4. The van der Waals surface area contributed by atoms with E-state index in [-0.39, 0.29) is 5.78 Å². The zero-order valence-corrected chi connectivity index (χ0v) is 13.5. The summed E-state index contributed by atoms with van der Waals surface area (Å²) in [7, 11) is 1.64. The van der Waals surface area contributed by atoms with Crippen LogP contribution in [0.15, 0.2) is 28.7 Å². The molecule has 0 aromatic heterocycles. The van der Waals surface area contributed by atoms with Gasteiger partial charge >= 0.3 is 0 Å². The number of halogens is 1. The molecule has 0 aliphatic carbocycles. The van der Waals surface area contributed by atoms with Crippen molar-refractivity contribution in [2.75, 3.05) is 33.5 Å². The Morgan fingerprint density at radius 3 is 2.50 bits per heavy atom. The predicted octanol–water partition coefficient (Wildman–Crippen LogP) is 3.09. The van der Waals surface area contributed by atoms with Crippen molar-refractivity contribution in [1.82, 2.24) is 0 Å².